The lowest BCUT2D eigenvalue weighted by atomic mass is 10.1. The Bertz CT molecular complexity index is 578. The number of ether oxygens (including phenoxy) is 1. The number of aliphatic imine (C=N–C) groups is 1. The summed E-state index contributed by atoms with van der Waals surface area (Å²) in [6.07, 6.45) is 2.82. The Hall–Kier alpha value is -0.860. The van der Waals surface area contributed by atoms with Gasteiger partial charge in [0.25, 0.3) is 0 Å². The molecular weight excluding hydrogens is 439 g/mol. The van der Waals surface area contributed by atoms with Gasteiger partial charge in [-0.15, -0.1) is 24.0 Å². The summed E-state index contributed by atoms with van der Waals surface area (Å²) in [5.74, 6) is 0.954. The van der Waals surface area contributed by atoms with Crippen molar-refractivity contribution in [3.63, 3.8) is 0 Å². The summed E-state index contributed by atoms with van der Waals surface area (Å²) in [5.41, 5.74) is 2.59. The first-order chi connectivity index (χ1) is 12.2. The molecule has 0 aromatic heterocycles. The van der Waals surface area contributed by atoms with Crippen LogP contribution in [0.1, 0.15) is 30.9 Å². The van der Waals surface area contributed by atoms with Crippen LogP contribution in [-0.4, -0.2) is 67.7 Å². The number of nitrogens with zero attached hydrogens (tertiary/aromatic N) is 3. The monoisotopic (exact) mass is 472 g/mol. The fourth-order valence-corrected chi connectivity index (χ4v) is 3.70. The van der Waals surface area contributed by atoms with Gasteiger partial charge in [-0.3, -0.25) is 9.89 Å². The largest absolute Gasteiger partial charge is 0.373 e. The van der Waals surface area contributed by atoms with E-state index in [4.69, 9.17) is 9.73 Å². The minimum atomic E-state index is 0. The quantitative estimate of drug-likeness (QED) is 0.407. The van der Waals surface area contributed by atoms with Crippen LogP contribution >= 0.6 is 24.0 Å². The van der Waals surface area contributed by atoms with Gasteiger partial charge in [-0.1, -0.05) is 29.8 Å². The summed E-state index contributed by atoms with van der Waals surface area (Å²) in [5, 5.41) is 3.41. The van der Waals surface area contributed by atoms with E-state index in [1.54, 1.807) is 0 Å². The summed E-state index contributed by atoms with van der Waals surface area (Å²) in [6, 6.07) is 9.35. The lowest BCUT2D eigenvalue weighted by molar-refractivity contribution is -0.0432. The van der Waals surface area contributed by atoms with Crippen LogP contribution in [0.2, 0.25) is 0 Å². The minimum absolute atomic E-state index is 0. The first kappa shape index (κ1) is 21.4. The predicted molar refractivity (Wildman–Crippen MR) is 118 cm³/mol. The van der Waals surface area contributed by atoms with Gasteiger partial charge in [-0.25, -0.2) is 0 Å². The molecule has 2 unspecified atom stereocenters. The molecular formula is C20H33IN4O. The average Bonchev–Trinajstić information content (AvgIpc) is 3.08. The van der Waals surface area contributed by atoms with E-state index in [0.717, 1.165) is 38.7 Å². The van der Waals surface area contributed by atoms with Gasteiger partial charge < -0.3 is 15.0 Å². The average molecular weight is 472 g/mol. The summed E-state index contributed by atoms with van der Waals surface area (Å²) in [7, 11) is 2.10. The van der Waals surface area contributed by atoms with Gasteiger partial charge in [-0.05, 0) is 38.8 Å². The maximum absolute atomic E-state index is 6.04. The molecule has 1 aromatic rings. The summed E-state index contributed by atoms with van der Waals surface area (Å²) < 4.78 is 6.04. The first-order valence-electron chi connectivity index (χ1n) is 9.56. The number of halogens is 1. The van der Waals surface area contributed by atoms with Crippen molar-refractivity contribution in [1.82, 2.24) is 15.1 Å². The lowest BCUT2D eigenvalue weighted by Gasteiger charge is -2.34. The molecule has 0 bridgehead atoms. The van der Waals surface area contributed by atoms with E-state index in [1.807, 2.05) is 0 Å². The standard InChI is InChI=1S/C20H32N4O.HI/c1-4-21-20(23(3)13-17-9-7-16(2)8-10-17)22-12-19-14-24-11-5-6-18(24)15-25-19;/h7-10,18-19H,4-6,11-15H2,1-3H3,(H,21,22);1H. The number of hydrogen-bond acceptors (Lipinski definition) is 3. The maximum atomic E-state index is 6.04. The van der Waals surface area contributed by atoms with Gasteiger partial charge in [0.05, 0.1) is 19.3 Å². The highest BCUT2D eigenvalue weighted by molar-refractivity contribution is 14.0. The van der Waals surface area contributed by atoms with Gasteiger partial charge >= 0.3 is 0 Å². The number of morpholine rings is 1. The maximum Gasteiger partial charge on any atom is 0.194 e. The van der Waals surface area contributed by atoms with Crippen LogP contribution in [0.5, 0.6) is 0 Å². The molecule has 0 radical (unpaired) electrons. The molecule has 2 aliphatic rings. The number of rotatable bonds is 5. The molecule has 2 aliphatic heterocycles. The molecule has 0 aliphatic carbocycles. The van der Waals surface area contributed by atoms with Crippen LogP contribution in [0.25, 0.3) is 0 Å². The van der Waals surface area contributed by atoms with Crippen molar-refractivity contribution in [1.29, 1.82) is 0 Å². The van der Waals surface area contributed by atoms with Gasteiger partial charge in [0.1, 0.15) is 0 Å². The highest BCUT2D eigenvalue weighted by Gasteiger charge is 2.32. The Morgan fingerprint density at radius 1 is 1.35 bits per heavy atom. The normalized spacial score (nSPS) is 23.3. The van der Waals surface area contributed by atoms with E-state index in [1.165, 1.54) is 30.5 Å². The number of fused-ring (bicyclic) bond motifs is 1. The third-order valence-electron chi connectivity index (χ3n) is 5.14. The van der Waals surface area contributed by atoms with Crippen LogP contribution in [0.4, 0.5) is 0 Å². The van der Waals surface area contributed by atoms with Crippen molar-refractivity contribution in [3.8, 4) is 0 Å². The molecule has 0 amide bonds. The van der Waals surface area contributed by atoms with Crippen LogP contribution in [0.3, 0.4) is 0 Å². The second kappa shape index (κ2) is 10.5. The second-order valence-electron chi connectivity index (χ2n) is 7.28. The molecule has 2 saturated heterocycles. The van der Waals surface area contributed by atoms with E-state index < -0.39 is 0 Å². The number of benzene rings is 1. The van der Waals surface area contributed by atoms with E-state index in [0.29, 0.717) is 6.04 Å². The van der Waals surface area contributed by atoms with Crippen LogP contribution in [-0.2, 0) is 11.3 Å². The zero-order valence-electron chi connectivity index (χ0n) is 16.3. The van der Waals surface area contributed by atoms with Gasteiger partial charge in [-0.2, -0.15) is 0 Å². The summed E-state index contributed by atoms with van der Waals surface area (Å²) in [6.45, 7) is 9.80. The van der Waals surface area contributed by atoms with Crippen molar-refractivity contribution >= 4 is 29.9 Å². The second-order valence-corrected chi connectivity index (χ2v) is 7.28. The highest BCUT2D eigenvalue weighted by Crippen LogP contribution is 2.22. The number of aryl methyl sites for hydroxylation is 1. The SMILES string of the molecule is CCNC(=NCC1CN2CCCC2CO1)N(C)Cc1ccc(C)cc1.I. The Morgan fingerprint density at radius 2 is 2.12 bits per heavy atom. The number of nitrogens with one attached hydrogen (secondary N) is 1. The highest BCUT2D eigenvalue weighted by atomic mass is 127. The molecule has 2 heterocycles. The first-order valence-corrected chi connectivity index (χ1v) is 9.56. The molecule has 5 nitrogen and oxygen atoms in total. The molecule has 146 valence electrons. The van der Waals surface area contributed by atoms with Crippen LogP contribution in [0, 0.1) is 6.92 Å². The molecule has 26 heavy (non-hydrogen) atoms. The minimum Gasteiger partial charge on any atom is -0.373 e. The smallest absolute Gasteiger partial charge is 0.194 e. The van der Waals surface area contributed by atoms with Gasteiger partial charge in [0, 0.05) is 32.7 Å². The number of hydrogen-bond donors (Lipinski definition) is 1. The topological polar surface area (TPSA) is 40.1 Å². The van der Waals surface area contributed by atoms with Crippen LogP contribution in [0.15, 0.2) is 29.3 Å². The van der Waals surface area contributed by atoms with Crippen molar-refractivity contribution in [2.45, 2.75) is 45.4 Å². The predicted octanol–water partition coefficient (Wildman–Crippen LogP) is 2.87. The van der Waals surface area contributed by atoms with Crippen molar-refractivity contribution in [2.75, 3.05) is 39.8 Å². The van der Waals surface area contributed by atoms with Gasteiger partial charge in [0.15, 0.2) is 5.96 Å². The molecule has 1 N–H and O–H groups in total. The molecule has 2 atom stereocenters. The fourth-order valence-electron chi connectivity index (χ4n) is 3.70. The third-order valence-corrected chi connectivity index (χ3v) is 5.14. The van der Waals surface area contributed by atoms with Crippen molar-refractivity contribution in [2.24, 2.45) is 4.99 Å². The Balaban J connectivity index is 0.00000243. The van der Waals surface area contributed by atoms with Crippen molar-refractivity contribution in [3.05, 3.63) is 35.4 Å². The zero-order valence-corrected chi connectivity index (χ0v) is 18.6. The van der Waals surface area contributed by atoms with E-state index in [9.17, 15) is 0 Å². The van der Waals surface area contributed by atoms with Crippen LogP contribution < -0.4 is 5.32 Å². The Labute approximate surface area is 175 Å². The molecule has 3 rings (SSSR count). The Morgan fingerprint density at radius 3 is 2.85 bits per heavy atom. The zero-order chi connectivity index (χ0) is 17.6. The molecule has 0 spiro atoms. The molecule has 2 fully saturated rings. The number of guanidine groups is 1. The Kier molecular flexibility index (Phi) is 8.63. The fraction of sp³-hybridized carbons (Fsp3) is 0.650. The molecule has 0 saturated carbocycles. The van der Waals surface area contributed by atoms with E-state index >= 15 is 0 Å². The summed E-state index contributed by atoms with van der Waals surface area (Å²) in [4.78, 5) is 9.61. The van der Waals surface area contributed by atoms with Crippen molar-refractivity contribution < 1.29 is 4.74 Å². The van der Waals surface area contributed by atoms with E-state index in [2.05, 4.69) is 60.3 Å². The van der Waals surface area contributed by atoms with E-state index in [-0.39, 0.29) is 30.1 Å². The summed E-state index contributed by atoms with van der Waals surface area (Å²) >= 11 is 0. The molecule has 1 aromatic carbocycles. The third kappa shape index (κ3) is 5.82. The lowest BCUT2D eigenvalue weighted by Crippen LogP contribution is -2.47. The van der Waals surface area contributed by atoms with Gasteiger partial charge in [0.2, 0.25) is 0 Å². The molecule has 6 heteroatoms.